The minimum atomic E-state index is -0.298. The molecule has 1 saturated heterocycles. The van der Waals surface area contributed by atoms with Crippen molar-refractivity contribution in [3.05, 3.63) is 58.0 Å². The minimum Gasteiger partial charge on any atom is -0.352 e. The smallest absolute Gasteiger partial charge is 0.289 e. The molecule has 1 aromatic carbocycles. The van der Waals surface area contributed by atoms with E-state index in [1.807, 2.05) is 13.8 Å². The Hall–Kier alpha value is -3.29. The second-order valence-electron chi connectivity index (χ2n) is 6.63. The van der Waals surface area contributed by atoms with Crippen LogP contribution >= 0.6 is 0 Å². The number of aromatic amines is 1. The van der Waals surface area contributed by atoms with Crippen molar-refractivity contribution in [2.24, 2.45) is 0 Å². The van der Waals surface area contributed by atoms with Crippen molar-refractivity contribution < 1.29 is 4.79 Å². The Morgan fingerprint density at radius 2 is 1.81 bits per heavy atom. The molecular weight excluding hydrogens is 344 g/mol. The molecule has 0 spiro atoms. The molecule has 1 amide bonds. The third kappa shape index (κ3) is 3.25. The summed E-state index contributed by atoms with van der Waals surface area (Å²) in [6, 6.07) is 7.00. The number of carbonyl (C=O) groups excluding carboxylic acids is 1. The standard InChI is InChI=1S/C19H20N6O2/c1-12-11-20-13(2)17(21-12)24-7-9-25(10-8-24)19(27)16-22-15-6-4-3-5-14(15)18(26)23-16/h3-6,11H,7-10H2,1-2H3,(H,22,23,26). The molecule has 1 fully saturated rings. The van der Waals surface area contributed by atoms with Gasteiger partial charge in [-0.2, -0.15) is 0 Å². The van der Waals surface area contributed by atoms with E-state index in [1.54, 1.807) is 35.4 Å². The first-order chi connectivity index (χ1) is 13.0. The predicted octanol–water partition coefficient (Wildman–Crippen LogP) is 1.29. The Kier molecular flexibility index (Phi) is 4.31. The van der Waals surface area contributed by atoms with E-state index in [4.69, 9.17) is 0 Å². The number of para-hydroxylation sites is 1. The van der Waals surface area contributed by atoms with Gasteiger partial charge in [-0.05, 0) is 26.0 Å². The maximum absolute atomic E-state index is 12.8. The lowest BCUT2D eigenvalue weighted by Crippen LogP contribution is -2.49. The van der Waals surface area contributed by atoms with E-state index < -0.39 is 0 Å². The van der Waals surface area contributed by atoms with Crippen LogP contribution in [0.4, 0.5) is 5.82 Å². The molecule has 3 aromatic rings. The first-order valence-electron chi connectivity index (χ1n) is 8.86. The number of amides is 1. The predicted molar refractivity (Wildman–Crippen MR) is 102 cm³/mol. The molecule has 0 atom stereocenters. The van der Waals surface area contributed by atoms with Gasteiger partial charge in [0.05, 0.1) is 22.3 Å². The van der Waals surface area contributed by atoms with E-state index in [2.05, 4.69) is 24.8 Å². The summed E-state index contributed by atoms with van der Waals surface area (Å²) in [6.07, 6.45) is 1.75. The Morgan fingerprint density at radius 3 is 2.59 bits per heavy atom. The van der Waals surface area contributed by atoms with Gasteiger partial charge >= 0.3 is 0 Å². The van der Waals surface area contributed by atoms with Gasteiger partial charge in [-0.25, -0.2) is 9.97 Å². The zero-order valence-corrected chi connectivity index (χ0v) is 15.3. The van der Waals surface area contributed by atoms with Crippen LogP contribution in [0.1, 0.15) is 22.0 Å². The average Bonchev–Trinajstić information content (AvgIpc) is 2.69. The van der Waals surface area contributed by atoms with Crippen molar-refractivity contribution >= 4 is 22.6 Å². The number of nitrogens with one attached hydrogen (secondary N) is 1. The number of nitrogens with zero attached hydrogens (tertiary/aromatic N) is 5. The van der Waals surface area contributed by atoms with Crippen LogP contribution in [0.5, 0.6) is 0 Å². The molecule has 1 aliphatic heterocycles. The molecule has 3 heterocycles. The molecule has 0 radical (unpaired) electrons. The second-order valence-corrected chi connectivity index (χ2v) is 6.63. The molecule has 0 aliphatic carbocycles. The van der Waals surface area contributed by atoms with Gasteiger partial charge in [0.2, 0.25) is 0 Å². The first-order valence-corrected chi connectivity index (χ1v) is 8.86. The molecule has 0 saturated carbocycles. The summed E-state index contributed by atoms with van der Waals surface area (Å²) in [4.78, 5) is 44.7. The average molecular weight is 364 g/mol. The van der Waals surface area contributed by atoms with Crippen LogP contribution < -0.4 is 10.5 Å². The Morgan fingerprint density at radius 1 is 1.07 bits per heavy atom. The highest BCUT2D eigenvalue weighted by Crippen LogP contribution is 2.18. The molecule has 0 bridgehead atoms. The summed E-state index contributed by atoms with van der Waals surface area (Å²) in [7, 11) is 0. The molecule has 1 aliphatic rings. The van der Waals surface area contributed by atoms with Crippen LogP contribution in [0.15, 0.2) is 35.3 Å². The van der Waals surface area contributed by atoms with Crippen molar-refractivity contribution in [1.29, 1.82) is 0 Å². The van der Waals surface area contributed by atoms with Gasteiger partial charge in [0.15, 0.2) is 5.82 Å². The molecular formula is C19H20N6O2. The first kappa shape index (κ1) is 17.1. The Balaban J connectivity index is 1.52. The van der Waals surface area contributed by atoms with Gasteiger partial charge in [-0.15, -0.1) is 0 Å². The van der Waals surface area contributed by atoms with Crippen LogP contribution in [0, 0.1) is 13.8 Å². The number of anilines is 1. The number of hydrogen-bond acceptors (Lipinski definition) is 6. The van der Waals surface area contributed by atoms with E-state index in [1.165, 1.54) is 0 Å². The number of hydrogen-bond donors (Lipinski definition) is 1. The zero-order valence-electron chi connectivity index (χ0n) is 15.3. The number of aromatic nitrogens is 4. The second kappa shape index (κ2) is 6.79. The Bertz CT molecular complexity index is 1070. The minimum absolute atomic E-state index is 0.0821. The molecule has 1 N–H and O–H groups in total. The van der Waals surface area contributed by atoms with E-state index in [0.717, 1.165) is 17.2 Å². The number of aryl methyl sites for hydroxylation is 2. The van der Waals surface area contributed by atoms with Gasteiger partial charge in [-0.3, -0.25) is 14.6 Å². The molecule has 0 unspecified atom stereocenters. The van der Waals surface area contributed by atoms with Crippen molar-refractivity contribution in [1.82, 2.24) is 24.8 Å². The molecule has 27 heavy (non-hydrogen) atoms. The fraction of sp³-hybridized carbons (Fsp3) is 0.316. The number of benzene rings is 1. The van der Waals surface area contributed by atoms with Gasteiger partial charge in [0, 0.05) is 32.4 Å². The number of carbonyl (C=O) groups is 1. The van der Waals surface area contributed by atoms with Crippen LogP contribution in [0.2, 0.25) is 0 Å². The van der Waals surface area contributed by atoms with E-state index >= 15 is 0 Å². The monoisotopic (exact) mass is 364 g/mol. The number of piperazine rings is 1. The third-order valence-electron chi connectivity index (χ3n) is 4.73. The van der Waals surface area contributed by atoms with Gasteiger partial charge < -0.3 is 14.8 Å². The summed E-state index contributed by atoms with van der Waals surface area (Å²) >= 11 is 0. The topological polar surface area (TPSA) is 95.1 Å². The van der Waals surface area contributed by atoms with Gasteiger partial charge in [0.1, 0.15) is 5.82 Å². The lowest BCUT2D eigenvalue weighted by molar-refractivity contribution is 0.0734. The van der Waals surface area contributed by atoms with Crippen molar-refractivity contribution in [2.45, 2.75) is 13.8 Å². The highest BCUT2D eigenvalue weighted by atomic mass is 16.2. The van der Waals surface area contributed by atoms with Crippen LogP contribution in [0.3, 0.4) is 0 Å². The molecule has 138 valence electrons. The summed E-state index contributed by atoms with van der Waals surface area (Å²) in [6.45, 7) is 6.22. The number of H-pyrrole nitrogens is 1. The molecule has 4 rings (SSSR count). The van der Waals surface area contributed by atoms with Crippen LogP contribution in [0.25, 0.3) is 10.9 Å². The van der Waals surface area contributed by atoms with Crippen molar-refractivity contribution in [3.8, 4) is 0 Å². The lowest BCUT2D eigenvalue weighted by Gasteiger charge is -2.35. The third-order valence-corrected chi connectivity index (χ3v) is 4.73. The fourth-order valence-corrected chi connectivity index (χ4v) is 3.28. The maximum Gasteiger partial charge on any atom is 0.289 e. The summed E-state index contributed by atoms with van der Waals surface area (Å²) < 4.78 is 0. The van der Waals surface area contributed by atoms with Crippen LogP contribution in [-0.2, 0) is 0 Å². The highest BCUT2D eigenvalue weighted by molar-refractivity contribution is 5.92. The SMILES string of the molecule is Cc1cnc(C)c(N2CCN(C(=O)c3nc4ccccc4c(=O)[nH]3)CC2)n1. The largest absolute Gasteiger partial charge is 0.352 e. The van der Waals surface area contributed by atoms with Crippen molar-refractivity contribution in [3.63, 3.8) is 0 Å². The van der Waals surface area contributed by atoms with E-state index in [9.17, 15) is 9.59 Å². The van der Waals surface area contributed by atoms with E-state index in [-0.39, 0.29) is 17.3 Å². The Labute approximate surface area is 155 Å². The van der Waals surface area contributed by atoms with E-state index in [0.29, 0.717) is 37.1 Å². The maximum atomic E-state index is 12.8. The summed E-state index contributed by atoms with van der Waals surface area (Å²) in [5.41, 5.74) is 1.97. The quantitative estimate of drug-likeness (QED) is 0.736. The lowest BCUT2D eigenvalue weighted by atomic mass is 10.2. The molecule has 8 heteroatoms. The molecule has 2 aromatic heterocycles. The highest BCUT2D eigenvalue weighted by Gasteiger charge is 2.25. The van der Waals surface area contributed by atoms with Crippen LogP contribution in [-0.4, -0.2) is 56.9 Å². The number of fused-ring (bicyclic) bond motifs is 1. The van der Waals surface area contributed by atoms with Gasteiger partial charge in [0.25, 0.3) is 11.5 Å². The zero-order chi connectivity index (χ0) is 19.0. The summed E-state index contributed by atoms with van der Waals surface area (Å²) in [5.74, 6) is 0.683. The molecule has 8 nitrogen and oxygen atoms in total. The normalized spacial score (nSPS) is 14.6. The number of rotatable bonds is 2. The summed E-state index contributed by atoms with van der Waals surface area (Å²) in [5, 5.41) is 0.479. The fourth-order valence-electron chi connectivity index (χ4n) is 3.28. The van der Waals surface area contributed by atoms with Crippen molar-refractivity contribution in [2.75, 3.05) is 31.1 Å². The van der Waals surface area contributed by atoms with Gasteiger partial charge in [-0.1, -0.05) is 12.1 Å².